The molecule has 4 nitrogen and oxygen atoms in total. The molecule has 16 heavy (non-hydrogen) atoms. The van der Waals surface area contributed by atoms with Crippen LogP contribution in [0.4, 0.5) is 4.79 Å². The topological polar surface area (TPSA) is 41.6 Å². The number of nitrogens with one attached hydrogen (secondary N) is 1. The summed E-state index contributed by atoms with van der Waals surface area (Å²) in [6, 6.07) is 0.550. The molecule has 1 heterocycles. The van der Waals surface area contributed by atoms with Crippen molar-refractivity contribution in [3.8, 4) is 0 Å². The third kappa shape index (κ3) is 2.88. The highest BCUT2D eigenvalue weighted by atomic mass is 16.5. The van der Waals surface area contributed by atoms with Crippen molar-refractivity contribution in [2.75, 3.05) is 20.2 Å². The molecule has 1 saturated heterocycles. The molecule has 1 aliphatic carbocycles. The number of nitrogens with zero attached hydrogens (tertiary/aromatic N) is 1. The minimum absolute atomic E-state index is 0.126. The summed E-state index contributed by atoms with van der Waals surface area (Å²) in [5.74, 6) is 0. The van der Waals surface area contributed by atoms with E-state index in [1.54, 1.807) is 7.11 Å². The van der Waals surface area contributed by atoms with E-state index in [-0.39, 0.29) is 6.03 Å². The fraction of sp³-hybridized carbons (Fsp3) is 0.917. The third-order valence-corrected chi connectivity index (χ3v) is 3.75. The van der Waals surface area contributed by atoms with Crippen LogP contribution in [0.2, 0.25) is 0 Å². The van der Waals surface area contributed by atoms with Gasteiger partial charge in [-0.25, -0.2) is 4.79 Å². The summed E-state index contributed by atoms with van der Waals surface area (Å²) in [5, 5.41) is 3.13. The van der Waals surface area contributed by atoms with Crippen LogP contribution in [-0.2, 0) is 4.74 Å². The Morgan fingerprint density at radius 3 is 2.38 bits per heavy atom. The summed E-state index contributed by atoms with van der Waals surface area (Å²) < 4.78 is 5.29. The zero-order chi connectivity index (χ0) is 11.4. The number of likely N-dealkylation sites (tertiary alicyclic amines) is 1. The van der Waals surface area contributed by atoms with Crippen molar-refractivity contribution in [3.63, 3.8) is 0 Å². The van der Waals surface area contributed by atoms with Crippen molar-refractivity contribution in [3.05, 3.63) is 0 Å². The van der Waals surface area contributed by atoms with E-state index in [4.69, 9.17) is 4.74 Å². The second kappa shape index (κ2) is 5.53. The monoisotopic (exact) mass is 226 g/mol. The second-order valence-electron chi connectivity index (χ2n) is 4.85. The number of piperidine rings is 1. The van der Waals surface area contributed by atoms with Crippen molar-refractivity contribution in [2.24, 2.45) is 0 Å². The highest BCUT2D eigenvalue weighted by molar-refractivity contribution is 5.74. The van der Waals surface area contributed by atoms with Gasteiger partial charge in [0.25, 0.3) is 0 Å². The molecule has 0 bridgehead atoms. The van der Waals surface area contributed by atoms with Crippen LogP contribution < -0.4 is 5.32 Å². The number of hydrogen-bond acceptors (Lipinski definition) is 2. The van der Waals surface area contributed by atoms with Crippen molar-refractivity contribution < 1.29 is 9.53 Å². The zero-order valence-electron chi connectivity index (χ0n) is 10.1. The van der Waals surface area contributed by atoms with Gasteiger partial charge in [-0.1, -0.05) is 12.8 Å². The van der Waals surface area contributed by atoms with E-state index in [1.165, 1.54) is 12.8 Å². The third-order valence-electron chi connectivity index (χ3n) is 3.75. The maximum atomic E-state index is 11.9. The van der Waals surface area contributed by atoms with Gasteiger partial charge in [0.15, 0.2) is 0 Å². The minimum atomic E-state index is 0.126. The Bertz CT molecular complexity index is 231. The molecule has 92 valence electrons. The van der Waals surface area contributed by atoms with E-state index in [2.05, 4.69) is 5.32 Å². The highest BCUT2D eigenvalue weighted by Crippen LogP contribution is 2.19. The molecule has 2 fully saturated rings. The van der Waals surface area contributed by atoms with Crippen LogP contribution in [0, 0.1) is 0 Å². The molecule has 2 aliphatic rings. The van der Waals surface area contributed by atoms with Crippen LogP contribution in [0.25, 0.3) is 0 Å². The normalized spacial score (nSPS) is 23.7. The van der Waals surface area contributed by atoms with Gasteiger partial charge in [0, 0.05) is 26.2 Å². The quantitative estimate of drug-likeness (QED) is 0.779. The maximum absolute atomic E-state index is 11.9. The van der Waals surface area contributed by atoms with Crippen LogP contribution in [-0.4, -0.2) is 43.3 Å². The molecule has 0 spiro atoms. The first-order valence-corrected chi connectivity index (χ1v) is 6.38. The van der Waals surface area contributed by atoms with E-state index in [1.807, 2.05) is 4.90 Å². The van der Waals surface area contributed by atoms with Crippen molar-refractivity contribution in [1.29, 1.82) is 0 Å². The molecule has 0 radical (unpaired) electrons. The molecule has 2 amide bonds. The predicted octanol–water partition coefficient (Wildman–Crippen LogP) is 1.75. The fourth-order valence-corrected chi connectivity index (χ4v) is 2.63. The van der Waals surface area contributed by atoms with E-state index in [0.29, 0.717) is 12.1 Å². The second-order valence-corrected chi connectivity index (χ2v) is 4.85. The Kier molecular flexibility index (Phi) is 4.04. The number of carbonyl (C=O) groups is 1. The predicted molar refractivity (Wildman–Crippen MR) is 62.4 cm³/mol. The number of urea groups is 1. The molecule has 0 atom stereocenters. The maximum Gasteiger partial charge on any atom is 0.317 e. The standard InChI is InChI=1S/C12H22N2O2/c1-16-11-6-8-14(9-7-11)12(15)13-10-4-2-3-5-10/h10-11H,2-9H2,1H3,(H,13,15). The molecule has 0 unspecified atom stereocenters. The molecule has 1 N–H and O–H groups in total. The number of carbonyl (C=O) groups excluding carboxylic acids is 1. The lowest BCUT2D eigenvalue weighted by atomic mass is 10.1. The Morgan fingerprint density at radius 1 is 1.19 bits per heavy atom. The number of rotatable bonds is 2. The summed E-state index contributed by atoms with van der Waals surface area (Å²) in [7, 11) is 1.75. The Balaban J connectivity index is 1.73. The van der Waals surface area contributed by atoms with Gasteiger partial charge < -0.3 is 15.0 Å². The van der Waals surface area contributed by atoms with Gasteiger partial charge in [0.2, 0.25) is 0 Å². The zero-order valence-corrected chi connectivity index (χ0v) is 10.1. The summed E-state index contributed by atoms with van der Waals surface area (Å²) in [6.45, 7) is 1.66. The van der Waals surface area contributed by atoms with Crippen LogP contribution in [0.3, 0.4) is 0 Å². The lowest BCUT2D eigenvalue weighted by Gasteiger charge is -2.32. The summed E-state index contributed by atoms with van der Waals surface area (Å²) in [4.78, 5) is 13.8. The molecular weight excluding hydrogens is 204 g/mol. The van der Waals surface area contributed by atoms with Crippen molar-refractivity contribution in [1.82, 2.24) is 10.2 Å². The van der Waals surface area contributed by atoms with Crippen molar-refractivity contribution in [2.45, 2.75) is 50.7 Å². The van der Waals surface area contributed by atoms with Gasteiger partial charge in [-0.3, -0.25) is 0 Å². The number of methoxy groups -OCH3 is 1. The highest BCUT2D eigenvalue weighted by Gasteiger charge is 2.25. The fourth-order valence-electron chi connectivity index (χ4n) is 2.63. The Morgan fingerprint density at radius 2 is 1.81 bits per heavy atom. The van der Waals surface area contributed by atoms with Crippen molar-refractivity contribution >= 4 is 6.03 Å². The molecule has 1 aliphatic heterocycles. The van der Waals surface area contributed by atoms with Gasteiger partial charge in [-0.2, -0.15) is 0 Å². The van der Waals surface area contributed by atoms with Gasteiger partial charge >= 0.3 is 6.03 Å². The number of hydrogen-bond donors (Lipinski definition) is 1. The van der Waals surface area contributed by atoms with Crippen LogP contribution in [0.15, 0.2) is 0 Å². The van der Waals surface area contributed by atoms with E-state index >= 15 is 0 Å². The first-order chi connectivity index (χ1) is 7.79. The average molecular weight is 226 g/mol. The summed E-state index contributed by atoms with van der Waals surface area (Å²) >= 11 is 0. The van der Waals surface area contributed by atoms with Crippen LogP contribution in [0.1, 0.15) is 38.5 Å². The lowest BCUT2D eigenvalue weighted by molar-refractivity contribution is 0.0500. The number of amides is 2. The molecule has 0 aromatic heterocycles. The molecule has 1 saturated carbocycles. The van der Waals surface area contributed by atoms with Crippen LogP contribution >= 0.6 is 0 Å². The first kappa shape index (κ1) is 11.7. The molecule has 0 aromatic rings. The molecular formula is C12H22N2O2. The summed E-state index contributed by atoms with van der Waals surface area (Å²) in [6.07, 6.45) is 7.10. The largest absolute Gasteiger partial charge is 0.381 e. The number of ether oxygens (including phenoxy) is 1. The van der Waals surface area contributed by atoms with Crippen LogP contribution in [0.5, 0.6) is 0 Å². The molecule has 2 rings (SSSR count). The van der Waals surface area contributed by atoms with Gasteiger partial charge in [0.1, 0.15) is 0 Å². The smallest absolute Gasteiger partial charge is 0.317 e. The van der Waals surface area contributed by atoms with E-state index in [9.17, 15) is 4.79 Å². The summed E-state index contributed by atoms with van der Waals surface area (Å²) in [5.41, 5.74) is 0. The first-order valence-electron chi connectivity index (χ1n) is 6.38. The lowest BCUT2D eigenvalue weighted by Crippen LogP contribution is -2.48. The SMILES string of the molecule is COC1CCN(C(=O)NC2CCCC2)CC1. The van der Waals surface area contributed by atoms with E-state index in [0.717, 1.165) is 38.8 Å². The van der Waals surface area contributed by atoms with E-state index < -0.39 is 0 Å². The van der Waals surface area contributed by atoms with Gasteiger partial charge in [-0.05, 0) is 25.7 Å². The average Bonchev–Trinajstić information content (AvgIpc) is 2.82. The molecule has 0 aromatic carbocycles. The minimum Gasteiger partial charge on any atom is -0.381 e. The Labute approximate surface area is 97.3 Å². The molecule has 4 heteroatoms. The van der Waals surface area contributed by atoms with Gasteiger partial charge in [-0.15, -0.1) is 0 Å². The Hall–Kier alpha value is -0.770. The van der Waals surface area contributed by atoms with Gasteiger partial charge in [0.05, 0.1) is 6.10 Å².